The minimum Gasteiger partial charge on any atom is -0.323 e. The number of alkyl halides is 3. The number of fused-ring (bicyclic) bond motifs is 1. The highest BCUT2D eigenvalue weighted by Crippen LogP contribution is 2.50. The van der Waals surface area contributed by atoms with Crippen molar-refractivity contribution in [2.24, 2.45) is 0 Å². The Morgan fingerprint density at radius 3 is 2.63 bits per heavy atom. The molecule has 27 heavy (non-hydrogen) atoms. The van der Waals surface area contributed by atoms with Gasteiger partial charge in [0.1, 0.15) is 5.82 Å². The zero-order valence-electron chi connectivity index (χ0n) is 14.4. The molecule has 1 saturated carbocycles. The molecule has 4 rings (SSSR count). The molecule has 142 valence electrons. The third-order valence-electron chi connectivity index (χ3n) is 5.38. The van der Waals surface area contributed by atoms with Gasteiger partial charge in [-0.1, -0.05) is 24.3 Å². The number of benzene rings is 2. The minimum absolute atomic E-state index is 0.0823. The molecule has 0 bridgehead atoms. The van der Waals surface area contributed by atoms with E-state index in [0.717, 1.165) is 17.7 Å². The fourth-order valence-electron chi connectivity index (χ4n) is 3.64. The molecule has 0 aromatic heterocycles. The first kappa shape index (κ1) is 18.0. The molecule has 0 saturated heterocycles. The number of carbonyl (C=O) groups excluding carboxylic acids is 1. The number of halogens is 4. The van der Waals surface area contributed by atoms with Crippen LogP contribution in [0.3, 0.4) is 0 Å². The summed E-state index contributed by atoms with van der Waals surface area (Å²) in [5, 5.41) is 5.76. The first-order valence-corrected chi connectivity index (χ1v) is 8.81. The lowest BCUT2D eigenvalue weighted by molar-refractivity contribution is -0.137. The summed E-state index contributed by atoms with van der Waals surface area (Å²) in [6.45, 7) is 1.24. The maximum atomic E-state index is 14.8. The Morgan fingerprint density at radius 2 is 1.93 bits per heavy atom. The van der Waals surface area contributed by atoms with Gasteiger partial charge < -0.3 is 10.6 Å². The summed E-state index contributed by atoms with van der Waals surface area (Å²) in [4.78, 5) is 12.8. The molecular weight excluding hydrogens is 360 g/mol. The van der Waals surface area contributed by atoms with Gasteiger partial charge >= 0.3 is 6.18 Å². The third-order valence-corrected chi connectivity index (χ3v) is 5.38. The fourth-order valence-corrected chi connectivity index (χ4v) is 3.64. The van der Waals surface area contributed by atoms with Gasteiger partial charge in [0, 0.05) is 6.54 Å². The Hall–Kier alpha value is -2.41. The summed E-state index contributed by atoms with van der Waals surface area (Å²) < 4.78 is 53.7. The normalized spacial score (nSPS) is 17.9. The topological polar surface area (TPSA) is 41.1 Å². The second-order valence-corrected chi connectivity index (χ2v) is 7.11. The average Bonchev–Trinajstić information content (AvgIpc) is 3.46. The Labute approximate surface area is 153 Å². The summed E-state index contributed by atoms with van der Waals surface area (Å²) in [6.07, 6.45) is -3.06. The second kappa shape index (κ2) is 6.34. The van der Waals surface area contributed by atoms with Crippen LogP contribution in [0.2, 0.25) is 0 Å². The Balaban J connectivity index is 1.61. The lowest BCUT2D eigenvalue weighted by Gasteiger charge is -2.21. The summed E-state index contributed by atoms with van der Waals surface area (Å²) >= 11 is 0. The van der Waals surface area contributed by atoms with E-state index in [1.165, 1.54) is 18.2 Å². The molecule has 1 aliphatic heterocycles. The Morgan fingerprint density at radius 1 is 1.15 bits per heavy atom. The van der Waals surface area contributed by atoms with Crippen molar-refractivity contribution in [2.75, 3.05) is 11.9 Å². The predicted octanol–water partition coefficient (Wildman–Crippen LogP) is 4.16. The zero-order valence-corrected chi connectivity index (χ0v) is 14.4. The Kier molecular flexibility index (Phi) is 4.22. The van der Waals surface area contributed by atoms with Crippen molar-refractivity contribution in [1.82, 2.24) is 5.32 Å². The van der Waals surface area contributed by atoms with Gasteiger partial charge in [0.15, 0.2) is 0 Å². The lowest BCUT2D eigenvalue weighted by atomic mass is 9.93. The van der Waals surface area contributed by atoms with Crippen LogP contribution in [0, 0.1) is 5.82 Å². The van der Waals surface area contributed by atoms with Crippen molar-refractivity contribution in [1.29, 1.82) is 0 Å². The molecule has 0 atom stereocenters. The highest BCUT2D eigenvalue weighted by Gasteiger charge is 2.52. The number of anilines is 1. The summed E-state index contributed by atoms with van der Waals surface area (Å²) in [6, 6.07) is 8.11. The first-order chi connectivity index (χ1) is 12.8. The SMILES string of the molecule is O=C(Nc1ccc2c(c1F)CCNC2)C1(c2cccc(C(F)(F)F)c2)CC1. The smallest absolute Gasteiger partial charge is 0.323 e. The molecule has 1 aliphatic carbocycles. The van der Waals surface area contributed by atoms with Crippen LogP contribution in [0.25, 0.3) is 0 Å². The quantitative estimate of drug-likeness (QED) is 0.788. The molecule has 0 spiro atoms. The van der Waals surface area contributed by atoms with E-state index < -0.39 is 28.9 Å². The van der Waals surface area contributed by atoms with E-state index in [2.05, 4.69) is 10.6 Å². The minimum atomic E-state index is -4.47. The summed E-state index contributed by atoms with van der Waals surface area (Å²) in [7, 11) is 0. The molecule has 2 aliphatic rings. The van der Waals surface area contributed by atoms with Gasteiger partial charge in [0.25, 0.3) is 0 Å². The van der Waals surface area contributed by atoms with Crippen LogP contribution in [0.1, 0.15) is 35.1 Å². The van der Waals surface area contributed by atoms with E-state index in [1.807, 2.05) is 0 Å². The lowest BCUT2D eigenvalue weighted by Crippen LogP contribution is -2.29. The van der Waals surface area contributed by atoms with Gasteiger partial charge in [-0.25, -0.2) is 4.39 Å². The van der Waals surface area contributed by atoms with Crippen LogP contribution in [0.15, 0.2) is 36.4 Å². The van der Waals surface area contributed by atoms with E-state index >= 15 is 0 Å². The largest absolute Gasteiger partial charge is 0.416 e. The van der Waals surface area contributed by atoms with Crippen LogP contribution in [0.4, 0.5) is 23.2 Å². The van der Waals surface area contributed by atoms with Crippen LogP contribution in [0.5, 0.6) is 0 Å². The van der Waals surface area contributed by atoms with E-state index in [9.17, 15) is 22.4 Å². The van der Waals surface area contributed by atoms with Gasteiger partial charge in [0.2, 0.25) is 5.91 Å². The molecule has 2 aromatic rings. The maximum Gasteiger partial charge on any atom is 0.416 e. The van der Waals surface area contributed by atoms with Crippen LogP contribution in [-0.2, 0) is 29.4 Å². The van der Waals surface area contributed by atoms with E-state index in [0.29, 0.717) is 43.5 Å². The predicted molar refractivity (Wildman–Crippen MR) is 92.8 cm³/mol. The maximum absolute atomic E-state index is 14.8. The second-order valence-electron chi connectivity index (χ2n) is 7.11. The number of nitrogens with one attached hydrogen (secondary N) is 2. The summed E-state index contributed by atoms with van der Waals surface area (Å²) in [5.41, 5.74) is 0.0274. The zero-order chi connectivity index (χ0) is 19.2. The van der Waals surface area contributed by atoms with Crippen LogP contribution >= 0.6 is 0 Å². The number of carbonyl (C=O) groups is 1. The molecule has 1 fully saturated rings. The molecule has 2 N–H and O–H groups in total. The highest BCUT2D eigenvalue weighted by molar-refractivity contribution is 6.01. The van der Waals surface area contributed by atoms with Crippen LogP contribution in [-0.4, -0.2) is 12.5 Å². The van der Waals surface area contributed by atoms with Crippen molar-refractivity contribution in [3.05, 3.63) is 64.5 Å². The number of hydrogen-bond donors (Lipinski definition) is 2. The van der Waals surface area contributed by atoms with Crippen molar-refractivity contribution in [2.45, 2.75) is 37.4 Å². The monoisotopic (exact) mass is 378 g/mol. The van der Waals surface area contributed by atoms with Crippen LogP contribution < -0.4 is 10.6 Å². The van der Waals surface area contributed by atoms with Crippen molar-refractivity contribution < 1.29 is 22.4 Å². The number of amides is 1. The molecule has 0 radical (unpaired) electrons. The number of rotatable bonds is 3. The Bertz CT molecular complexity index is 903. The van der Waals surface area contributed by atoms with Gasteiger partial charge in [-0.2, -0.15) is 13.2 Å². The number of hydrogen-bond acceptors (Lipinski definition) is 2. The average molecular weight is 378 g/mol. The molecular formula is C20H18F4N2O. The molecule has 2 aromatic carbocycles. The van der Waals surface area contributed by atoms with Gasteiger partial charge in [-0.3, -0.25) is 4.79 Å². The molecule has 0 unspecified atom stereocenters. The van der Waals surface area contributed by atoms with E-state index in [4.69, 9.17) is 0 Å². The molecule has 7 heteroatoms. The highest BCUT2D eigenvalue weighted by atomic mass is 19.4. The standard InChI is InChI=1S/C20H18F4N2O/c21-17-15-6-9-25-11-12(15)4-5-16(17)26-18(27)19(7-8-19)13-2-1-3-14(10-13)20(22,23)24/h1-5,10,25H,6-9,11H2,(H,26,27). The van der Waals surface area contributed by atoms with E-state index in [-0.39, 0.29) is 5.69 Å². The first-order valence-electron chi connectivity index (χ1n) is 8.81. The van der Waals surface area contributed by atoms with E-state index in [1.54, 1.807) is 6.07 Å². The molecule has 3 nitrogen and oxygen atoms in total. The van der Waals surface area contributed by atoms with Gasteiger partial charge in [-0.15, -0.1) is 0 Å². The van der Waals surface area contributed by atoms with Crippen molar-refractivity contribution in [3.8, 4) is 0 Å². The van der Waals surface area contributed by atoms with Crippen molar-refractivity contribution in [3.63, 3.8) is 0 Å². The fraction of sp³-hybridized carbons (Fsp3) is 0.350. The third kappa shape index (κ3) is 3.20. The van der Waals surface area contributed by atoms with Gasteiger partial charge in [0.05, 0.1) is 16.7 Å². The van der Waals surface area contributed by atoms with Gasteiger partial charge in [-0.05, 0) is 54.6 Å². The molecule has 1 heterocycles. The molecule has 1 amide bonds. The summed E-state index contributed by atoms with van der Waals surface area (Å²) in [5.74, 6) is -0.920. The van der Waals surface area contributed by atoms with Crippen molar-refractivity contribution >= 4 is 11.6 Å².